The minimum absolute atomic E-state index is 0.0694. The molecule has 1 atom stereocenters. The van der Waals surface area contributed by atoms with E-state index in [1.54, 1.807) is 4.57 Å². The van der Waals surface area contributed by atoms with E-state index < -0.39 is 11.6 Å². The topological polar surface area (TPSA) is 43.8 Å². The Balaban J connectivity index is 2.31. The van der Waals surface area contributed by atoms with Gasteiger partial charge in [0.05, 0.1) is 5.52 Å². The van der Waals surface area contributed by atoms with Gasteiger partial charge in [0.15, 0.2) is 5.82 Å². The average Bonchev–Trinajstić information content (AvgIpc) is 2.65. The van der Waals surface area contributed by atoms with Gasteiger partial charge in [0, 0.05) is 18.2 Å². The number of benzene rings is 1. The molecule has 20 heavy (non-hydrogen) atoms. The average molecular weight is 281 g/mol. The Morgan fingerprint density at radius 3 is 2.55 bits per heavy atom. The monoisotopic (exact) mass is 281 g/mol. The van der Waals surface area contributed by atoms with Crippen molar-refractivity contribution < 1.29 is 8.78 Å². The highest BCUT2D eigenvalue weighted by Crippen LogP contribution is 2.28. The molecule has 1 heterocycles. The molecule has 0 aliphatic carbocycles. The molecule has 1 aromatic carbocycles. The lowest BCUT2D eigenvalue weighted by atomic mass is 10.0. The Kier molecular flexibility index (Phi) is 4.26. The van der Waals surface area contributed by atoms with Crippen molar-refractivity contribution in [2.45, 2.75) is 46.1 Å². The van der Waals surface area contributed by atoms with Crippen molar-refractivity contribution >= 4 is 17.0 Å². The molecule has 2 aromatic rings. The molecule has 0 amide bonds. The quantitative estimate of drug-likeness (QED) is 0.888. The summed E-state index contributed by atoms with van der Waals surface area (Å²) in [6, 6.07) is 2.20. The molecule has 3 nitrogen and oxygen atoms in total. The van der Waals surface area contributed by atoms with E-state index in [2.05, 4.69) is 18.8 Å². The van der Waals surface area contributed by atoms with E-state index in [1.165, 1.54) is 6.07 Å². The van der Waals surface area contributed by atoms with Crippen LogP contribution in [0.4, 0.5) is 14.7 Å². The van der Waals surface area contributed by atoms with Crippen LogP contribution in [0.3, 0.4) is 0 Å². The summed E-state index contributed by atoms with van der Waals surface area (Å²) in [6.45, 7) is 6.35. The van der Waals surface area contributed by atoms with Crippen molar-refractivity contribution in [3.05, 3.63) is 23.8 Å². The minimum Gasteiger partial charge on any atom is -0.369 e. The molecule has 110 valence electrons. The van der Waals surface area contributed by atoms with Gasteiger partial charge in [-0.05, 0) is 19.3 Å². The Morgan fingerprint density at radius 1 is 1.20 bits per heavy atom. The van der Waals surface area contributed by atoms with Crippen molar-refractivity contribution in [2.75, 3.05) is 5.73 Å². The number of imidazole rings is 1. The molecule has 2 rings (SSSR count). The fraction of sp³-hybridized carbons (Fsp3) is 0.533. The van der Waals surface area contributed by atoms with Crippen LogP contribution in [-0.4, -0.2) is 9.55 Å². The third-order valence-electron chi connectivity index (χ3n) is 3.58. The van der Waals surface area contributed by atoms with Gasteiger partial charge in [0.2, 0.25) is 5.95 Å². The van der Waals surface area contributed by atoms with Gasteiger partial charge in [0.1, 0.15) is 11.3 Å². The molecule has 5 heteroatoms. The highest BCUT2D eigenvalue weighted by atomic mass is 19.1. The second-order valence-electron chi connectivity index (χ2n) is 5.77. The van der Waals surface area contributed by atoms with Crippen LogP contribution in [0.15, 0.2) is 12.1 Å². The van der Waals surface area contributed by atoms with E-state index in [-0.39, 0.29) is 17.5 Å². The number of anilines is 1. The molecule has 0 aliphatic rings. The van der Waals surface area contributed by atoms with Crippen LogP contribution >= 0.6 is 0 Å². The first kappa shape index (κ1) is 14.8. The summed E-state index contributed by atoms with van der Waals surface area (Å²) in [7, 11) is 0. The number of hydrogen-bond donors (Lipinski definition) is 1. The second-order valence-corrected chi connectivity index (χ2v) is 5.77. The summed E-state index contributed by atoms with van der Waals surface area (Å²) in [4.78, 5) is 4.02. The van der Waals surface area contributed by atoms with Crippen LogP contribution in [0.2, 0.25) is 0 Å². The van der Waals surface area contributed by atoms with Crippen molar-refractivity contribution in [1.82, 2.24) is 9.55 Å². The number of nitrogen functional groups attached to an aromatic ring is 1. The zero-order valence-corrected chi connectivity index (χ0v) is 12.2. The molecule has 0 bridgehead atoms. The fourth-order valence-corrected chi connectivity index (χ4v) is 2.55. The molecule has 0 saturated heterocycles. The highest BCUT2D eigenvalue weighted by molar-refractivity contribution is 5.79. The SMILES string of the molecule is CC(C)CCCC(C)n1c(N)nc2c(F)cc(F)cc21. The van der Waals surface area contributed by atoms with E-state index in [0.717, 1.165) is 25.3 Å². The molecular weight excluding hydrogens is 260 g/mol. The maximum Gasteiger partial charge on any atom is 0.201 e. The zero-order valence-electron chi connectivity index (χ0n) is 12.2. The van der Waals surface area contributed by atoms with Crippen molar-refractivity contribution in [3.8, 4) is 0 Å². The van der Waals surface area contributed by atoms with Crippen molar-refractivity contribution in [3.63, 3.8) is 0 Å². The lowest BCUT2D eigenvalue weighted by molar-refractivity contribution is 0.456. The second kappa shape index (κ2) is 5.77. The Morgan fingerprint density at radius 2 is 1.90 bits per heavy atom. The number of halogens is 2. The number of nitrogens with zero attached hydrogens (tertiary/aromatic N) is 2. The summed E-state index contributed by atoms with van der Waals surface area (Å²) in [5, 5.41) is 0. The van der Waals surface area contributed by atoms with Crippen LogP contribution in [-0.2, 0) is 0 Å². The van der Waals surface area contributed by atoms with E-state index in [1.807, 2.05) is 6.92 Å². The number of hydrogen-bond acceptors (Lipinski definition) is 2. The van der Waals surface area contributed by atoms with E-state index in [4.69, 9.17) is 5.73 Å². The van der Waals surface area contributed by atoms with Crippen molar-refractivity contribution in [2.24, 2.45) is 5.92 Å². The first-order chi connectivity index (χ1) is 9.40. The normalized spacial score (nSPS) is 13.3. The van der Waals surface area contributed by atoms with E-state index in [9.17, 15) is 8.78 Å². The number of nitrogens with two attached hydrogens (primary N) is 1. The standard InChI is InChI=1S/C15H21F2N3/c1-9(2)5-4-6-10(3)20-13-8-11(16)7-12(17)14(13)19-15(20)18/h7-10H,4-6H2,1-3H3,(H2,18,19). The Hall–Kier alpha value is -1.65. The number of rotatable bonds is 5. The minimum atomic E-state index is -0.667. The molecular formula is C15H21F2N3. The van der Waals surface area contributed by atoms with Gasteiger partial charge in [-0.2, -0.15) is 0 Å². The Bertz CT molecular complexity index is 605. The third-order valence-corrected chi connectivity index (χ3v) is 3.58. The molecule has 2 N–H and O–H groups in total. The number of aromatic nitrogens is 2. The van der Waals surface area contributed by atoms with Crippen molar-refractivity contribution in [1.29, 1.82) is 0 Å². The van der Waals surface area contributed by atoms with Crippen LogP contribution in [0.5, 0.6) is 0 Å². The third kappa shape index (κ3) is 2.92. The van der Waals surface area contributed by atoms with Gasteiger partial charge in [-0.1, -0.05) is 26.7 Å². The van der Waals surface area contributed by atoms with Crippen LogP contribution in [0.25, 0.3) is 11.0 Å². The molecule has 0 saturated carbocycles. The summed E-state index contributed by atoms with van der Waals surface area (Å²) in [5.41, 5.74) is 6.43. The maximum absolute atomic E-state index is 13.7. The van der Waals surface area contributed by atoms with E-state index in [0.29, 0.717) is 11.4 Å². The van der Waals surface area contributed by atoms with Gasteiger partial charge in [-0.15, -0.1) is 0 Å². The molecule has 0 radical (unpaired) electrons. The van der Waals surface area contributed by atoms with Gasteiger partial charge in [-0.25, -0.2) is 13.8 Å². The maximum atomic E-state index is 13.7. The lowest BCUT2D eigenvalue weighted by Crippen LogP contribution is -2.09. The molecule has 0 fully saturated rings. The molecule has 0 spiro atoms. The predicted molar refractivity (Wildman–Crippen MR) is 77.5 cm³/mol. The van der Waals surface area contributed by atoms with Gasteiger partial charge < -0.3 is 10.3 Å². The summed E-state index contributed by atoms with van der Waals surface area (Å²) in [5.74, 6) is -0.388. The first-order valence-corrected chi connectivity index (χ1v) is 7.02. The zero-order chi connectivity index (χ0) is 14.9. The number of fused-ring (bicyclic) bond motifs is 1. The lowest BCUT2D eigenvalue weighted by Gasteiger charge is -2.16. The van der Waals surface area contributed by atoms with E-state index >= 15 is 0 Å². The van der Waals surface area contributed by atoms with Crippen LogP contribution < -0.4 is 5.73 Å². The fourth-order valence-electron chi connectivity index (χ4n) is 2.55. The van der Waals surface area contributed by atoms with Gasteiger partial charge in [0.25, 0.3) is 0 Å². The van der Waals surface area contributed by atoms with Gasteiger partial charge >= 0.3 is 0 Å². The first-order valence-electron chi connectivity index (χ1n) is 7.02. The summed E-state index contributed by atoms with van der Waals surface area (Å²) < 4.78 is 28.8. The molecule has 0 aliphatic heterocycles. The molecule has 1 unspecified atom stereocenters. The molecule has 1 aromatic heterocycles. The smallest absolute Gasteiger partial charge is 0.201 e. The Labute approximate surface area is 117 Å². The summed E-state index contributed by atoms with van der Waals surface area (Å²) >= 11 is 0. The van der Waals surface area contributed by atoms with Gasteiger partial charge in [-0.3, -0.25) is 0 Å². The summed E-state index contributed by atoms with van der Waals surface area (Å²) in [6.07, 6.45) is 3.08. The van der Waals surface area contributed by atoms with Crippen LogP contribution in [0.1, 0.15) is 46.1 Å². The van der Waals surface area contributed by atoms with Crippen LogP contribution in [0, 0.1) is 17.6 Å². The largest absolute Gasteiger partial charge is 0.369 e. The highest BCUT2D eigenvalue weighted by Gasteiger charge is 2.17. The predicted octanol–water partition coefficient (Wildman–Crippen LogP) is 4.28.